The van der Waals surface area contributed by atoms with E-state index < -0.39 is 0 Å². The minimum Gasteiger partial charge on any atom is -0.379 e. The highest BCUT2D eigenvalue weighted by atomic mass is 16.5. The molecule has 0 radical (unpaired) electrons. The molecular weight excluding hydrogens is 190 g/mol. The minimum absolute atomic E-state index is 0.685. The number of nitrogens with two attached hydrogens (primary N) is 1. The average molecular weight is 213 g/mol. The van der Waals surface area contributed by atoms with Gasteiger partial charge in [-0.3, -0.25) is 4.90 Å². The Kier molecular flexibility index (Phi) is 4.38. The first-order chi connectivity index (χ1) is 7.38. The van der Waals surface area contributed by atoms with Gasteiger partial charge in [0.1, 0.15) is 0 Å². The van der Waals surface area contributed by atoms with E-state index in [0.29, 0.717) is 5.92 Å². The molecule has 0 saturated carbocycles. The third-order valence-corrected chi connectivity index (χ3v) is 3.49. The largest absolute Gasteiger partial charge is 0.379 e. The number of nitrogens with zero attached hydrogens (tertiary/aromatic N) is 1. The van der Waals surface area contributed by atoms with Crippen LogP contribution in [0, 0.1) is 11.8 Å². The molecule has 0 bridgehead atoms. The Hall–Kier alpha value is -0.160. The maximum atomic E-state index is 5.73. The zero-order valence-electron chi connectivity index (χ0n) is 9.45. The van der Waals surface area contributed by atoms with Gasteiger partial charge < -0.3 is 15.8 Å². The summed E-state index contributed by atoms with van der Waals surface area (Å²) in [5.74, 6) is 1.47. The second-order valence-corrected chi connectivity index (χ2v) is 4.77. The van der Waals surface area contributed by atoms with E-state index in [2.05, 4.69) is 10.2 Å². The van der Waals surface area contributed by atoms with E-state index in [1.165, 1.54) is 13.0 Å². The molecule has 0 aliphatic carbocycles. The summed E-state index contributed by atoms with van der Waals surface area (Å²) >= 11 is 0. The van der Waals surface area contributed by atoms with Gasteiger partial charge in [-0.1, -0.05) is 0 Å². The molecule has 2 unspecified atom stereocenters. The van der Waals surface area contributed by atoms with Crippen molar-refractivity contribution in [1.82, 2.24) is 10.2 Å². The van der Waals surface area contributed by atoms with E-state index in [-0.39, 0.29) is 0 Å². The number of morpholine rings is 1. The van der Waals surface area contributed by atoms with Gasteiger partial charge in [-0.2, -0.15) is 0 Å². The van der Waals surface area contributed by atoms with Crippen LogP contribution in [-0.4, -0.2) is 57.4 Å². The number of nitrogens with one attached hydrogen (secondary N) is 1. The average Bonchev–Trinajstić information content (AvgIpc) is 2.31. The lowest BCUT2D eigenvalue weighted by molar-refractivity contribution is 0.0272. The lowest BCUT2D eigenvalue weighted by Gasteiger charge is -2.35. The van der Waals surface area contributed by atoms with Crippen LogP contribution < -0.4 is 11.1 Å². The van der Waals surface area contributed by atoms with Crippen molar-refractivity contribution in [3.8, 4) is 0 Å². The molecule has 15 heavy (non-hydrogen) atoms. The van der Waals surface area contributed by atoms with Gasteiger partial charge in [0, 0.05) is 19.6 Å². The summed E-state index contributed by atoms with van der Waals surface area (Å²) in [6, 6.07) is 0. The Morgan fingerprint density at radius 1 is 1.20 bits per heavy atom. The molecule has 88 valence electrons. The molecular formula is C11H23N3O. The first-order valence-electron chi connectivity index (χ1n) is 6.09. The summed E-state index contributed by atoms with van der Waals surface area (Å²) in [4.78, 5) is 2.52. The monoisotopic (exact) mass is 213 g/mol. The van der Waals surface area contributed by atoms with Gasteiger partial charge in [-0.25, -0.2) is 0 Å². The summed E-state index contributed by atoms with van der Waals surface area (Å²) < 4.78 is 5.35. The van der Waals surface area contributed by atoms with Gasteiger partial charge >= 0.3 is 0 Å². The SMILES string of the molecule is NCC1CNCC(CN2CCOCC2)C1. The molecule has 0 aromatic heterocycles. The third kappa shape index (κ3) is 3.41. The Labute approximate surface area is 92.1 Å². The van der Waals surface area contributed by atoms with E-state index in [0.717, 1.165) is 51.9 Å². The molecule has 4 heteroatoms. The zero-order chi connectivity index (χ0) is 10.5. The molecule has 2 aliphatic heterocycles. The van der Waals surface area contributed by atoms with E-state index in [1.54, 1.807) is 0 Å². The maximum absolute atomic E-state index is 5.73. The van der Waals surface area contributed by atoms with Crippen molar-refractivity contribution in [1.29, 1.82) is 0 Å². The van der Waals surface area contributed by atoms with Crippen molar-refractivity contribution in [3.63, 3.8) is 0 Å². The van der Waals surface area contributed by atoms with Gasteiger partial charge in [0.25, 0.3) is 0 Å². The third-order valence-electron chi connectivity index (χ3n) is 3.49. The number of ether oxygens (including phenoxy) is 1. The Morgan fingerprint density at radius 3 is 2.67 bits per heavy atom. The van der Waals surface area contributed by atoms with Gasteiger partial charge in [-0.15, -0.1) is 0 Å². The van der Waals surface area contributed by atoms with E-state index in [9.17, 15) is 0 Å². The quantitative estimate of drug-likeness (QED) is 0.664. The maximum Gasteiger partial charge on any atom is 0.0594 e. The van der Waals surface area contributed by atoms with Crippen LogP contribution in [0.1, 0.15) is 6.42 Å². The molecule has 2 atom stereocenters. The first-order valence-corrected chi connectivity index (χ1v) is 6.09. The van der Waals surface area contributed by atoms with Crippen LogP contribution in [0.3, 0.4) is 0 Å². The molecule has 4 nitrogen and oxygen atoms in total. The second-order valence-electron chi connectivity index (χ2n) is 4.77. The number of hydrogen-bond acceptors (Lipinski definition) is 4. The van der Waals surface area contributed by atoms with E-state index in [1.807, 2.05) is 0 Å². The molecule has 0 aromatic carbocycles. The predicted molar refractivity (Wildman–Crippen MR) is 60.8 cm³/mol. The molecule has 2 saturated heterocycles. The van der Waals surface area contributed by atoms with Crippen LogP contribution in [0.25, 0.3) is 0 Å². The highest BCUT2D eigenvalue weighted by Crippen LogP contribution is 2.17. The molecule has 2 aliphatic rings. The van der Waals surface area contributed by atoms with Crippen LogP contribution in [0.4, 0.5) is 0 Å². The Morgan fingerprint density at radius 2 is 1.93 bits per heavy atom. The normalized spacial score (nSPS) is 34.2. The van der Waals surface area contributed by atoms with Crippen molar-refractivity contribution >= 4 is 0 Å². The highest BCUT2D eigenvalue weighted by molar-refractivity contribution is 4.79. The second kappa shape index (κ2) is 5.80. The Balaban J connectivity index is 1.72. The zero-order valence-corrected chi connectivity index (χ0v) is 9.45. The summed E-state index contributed by atoms with van der Waals surface area (Å²) in [5.41, 5.74) is 5.73. The van der Waals surface area contributed by atoms with Crippen LogP contribution in [0.15, 0.2) is 0 Å². The summed E-state index contributed by atoms with van der Waals surface area (Å²) in [7, 11) is 0. The number of hydrogen-bond donors (Lipinski definition) is 2. The van der Waals surface area contributed by atoms with Crippen LogP contribution in [-0.2, 0) is 4.74 Å². The predicted octanol–water partition coefficient (Wildman–Crippen LogP) is -0.497. The van der Waals surface area contributed by atoms with Crippen LogP contribution in [0.5, 0.6) is 0 Å². The summed E-state index contributed by atoms with van der Waals surface area (Å²) in [6.07, 6.45) is 1.29. The fourth-order valence-corrected chi connectivity index (χ4v) is 2.60. The lowest BCUT2D eigenvalue weighted by Crippen LogP contribution is -2.46. The number of piperidine rings is 1. The molecule has 0 aromatic rings. The van der Waals surface area contributed by atoms with Crippen molar-refractivity contribution in [2.45, 2.75) is 6.42 Å². The topological polar surface area (TPSA) is 50.5 Å². The Bertz CT molecular complexity index is 183. The van der Waals surface area contributed by atoms with Gasteiger partial charge in [0.15, 0.2) is 0 Å². The lowest BCUT2D eigenvalue weighted by atomic mass is 9.90. The van der Waals surface area contributed by atoms with Gasteiger partial charge in [0.05, 0.1) is 13.2 Å². The molecule has 2 fully saturated rings. The highest BCUT2D eigenvalue weighted by Gasteiger charge is 2.23. The van der Waals surface area contributed by atoms with Crippen molar-refractivity contribution in [3.05, 3.63) is 0 Å². The summed E-state index contributed by atoms with van der Waals surface area (Å²) in [5, 5.41) is 3.49. The smallest absolute Gasteiger partial charge is 0.0594 e. The summed E-state index contributed by atoms with van der Waals surface area (Å²) in [6.45, 7) is 8.32. The van der Waals surface area contributed by atoms with E-state index >= 15 is 0 Å². The standard InChI is InChI=1S/C11H23N3O/c12-6-10-5-11(8-13-7-10)9-14-1-3-15-4-2-14/h10-11,13H,1-9,12H2. The van der Waals surface area contributed by atoms with Gasteiger partial charge in [0.2, 0.25) is 0 Å². The molecule has 0 amide bonds. The molecule has 2 rings (SSSR count). The number of rotatable bonds is 3. The molecule has 2 heterocycles. The fraction of sp³-hybridized carbons (Fsp3) is 1.00. The molecule has 3 N–H and O–H groups in total. The minimum atomic E-state index is 0.685. The van der Waals surface area contributed by atoms with E-state index in [4.69, 9.17) is 10.5 Å². The molecule has 0 spiro atoms. The van der Waals surface area contributed by atoms with Crippen molar-refractivity contribution < 1.29 is 4.74 Å². The fourth-order valence-electron chi connectivity index (χ4n) is 2.60. The van der Waals surface area contributed by atoms with Gasteiger partial charge in [-0.05, 0) is 37.9 Å². The van der Waals surface area contributed by atoms with Crippen molar-refractivity contribution in [2.75, 3.05) is 52.5 Å². The van der Waals surface area contributed by atoms with Crippen LogP contribution >= 0.6 is 0 Å². The first kappa shape index (κ1) is 11.3. The van der Waals surface area contributed by atoms with Crippen molar-refractivity contribution in [2.24, 2.45) is 17.6 Å². The van der Waals surface area contributed by atoms with Crippen LogP contribution in [0.2, 0.25) is 0 Å².